The van der Waals surface area contributed by atoms with Gasteiger partial charge >= 0.3 is 0 Å². The molecule has 4 amide bonds. The number of nitrogens with one attached hydrogen (secondary N) is 2. The maximum atomic E-state index is 13.5. The lowest BCUT2D eigenvalue weighted by molar-refractivity contribution is -0.0768. The number of aromatic nitrogens is 4. The van der Waals surface area contributed by atoms with E-state index in [1.807, 2.05) is 146 Å². The molecule has 8 bridgehead atoms. The average Bonchev–Trinajstić information content (AvgIpc) is 4.35. The van der Waals surface area contributed by atoms with Crippen LogP contribution in [0, 0.1) is 0 Å². The van der Waals surface area contributed by atoms with Crippen LogP contribution in [0.2, 0.25) is 0 Å². The van der Waals surface area contributed by atoms with Crippen LogP contribution >= 0.6 is 0 Å². The predicted octanol–water partition coefficient (Wildman–Crippen LogP) is 10.4. The van der Waals surface area contributed by atoms with Gasteiger partial charge in [0.2, 0.25) is 0 Å². The number of fused-ring (bicyclic) bond motifs is 8. The summed E-state index contributed by atoms with van der Waals surface area (Å²) in [6.45, 7) is 4.14. The molecule has 13 rings (SSSR count). The molecule has 4 saturated heterocycles. The number of aromatic amines is 2. The lowest BCUT2D eigenvalue weighted by atomic mass is 10.0. The van der Waals surface area contributed by atoms with Crippen LogP contribution in [0.5, 0.6) is 0 Å². The lowest BCUT2D eigenvalue weighted by Crippen LogP contribution is -2.26. The van der Waals surface area contributed by atoms with E-state index in [0.717, 1.165) is 92.3 Å². The summed E-state index contributed by atoms with van der Waals surface area (Å²) < 4.78 is 0. The highest BCUT2D eigenvalue weighted by atomic mass is 16.7. The molecule has 4 fully saturated rings. The number of hydrogen-bond donors (Lipinski definition) is 2. The molecule has 0 atom stereocenters. The van der Waals surface area contributed by atoms with Crippen LogP contribution in [0.15, 0.2) is 121 Å². The average molecular weight is 1010 g/mol. The molecule has 0 saturated carbocycles. The quantitative estimate of drug-likeness (QED) is 0.149. The fraction of sp³-hybridized carbons (Fsp3) is 0.200. The second-order valence-electron chi connectivity index (χ2n) is 19.2. The maximum absolute atomic E-state index is 13.5. The van der Waals surface area contributed by atoms with E-state index >= 15 is 0 Å². The molecule has 9 heterocycles. The van der Waals surface area contributed by atoms with Crippen molar-refractivity contribution < 1.29 is 38.5 Å². The van der Waals surface area contributed by atoms with Crippen LogP contribution in [0.25, 0.3) is 90.9 Å². The first-order valence-electron chi connectivity index (χ1n) is 25.7. The maximum Gasteiger partial charge on any atom is 0.277 e. The zero-order valence-corrected chi connectivity index (χ0v) is 41.3. The molecule has 76 heavy (non-hydrogen) atoms. The number of H-pyrrole nitrogens is 2. The fourth-order valence-corrected chi connectivity index (χ4v) is 10.5. The van der Waals surface area contributed by atoms with E-state index in [2.05, 4.69) is 9.97 Å². The van der Waals surface area contributed by atoms with Gasteiger partial charge < -0.3 is 9.97 Å². The minimum absolute atomic E-state index is 0.199. The summed E-state index contributed by atoms with van der Waals surface area (Å²) in [4.78, 5) is 94.7. The Balaban J connectivity index is 1.05. The van der Waals surface area contributed by atoms with Crippen LogP contribution in [0.4, 0.5) is 0 Å². The zero-order valence-electron chi connectivity index (χ0n) is 41.3. The van der Waals surface area contributed by atoms with E-state index < -0.39 is 0 Å². The second kappa shape index (κ2) is 19.8. The van der Waals surface area contributed by atoms with Gasteiger partial charge in [-0.2, -0.15) is 0 Å². The molecule has 0 unspecified atom stereocenters. The van der Waals surface area contributed by atoms with E-state index in [1.54, 1.807) is 0 Å². The third-order valence-electron chi connectivity index (χ3n) is 14.4. The summed E-state index contributed by atoms with van der Waals surface area (Å²) in [6, 6.07) is 38.1. The number of benzene rings is 4. The van der Waals surface area contributed by atoms with Crippen molar-refractivity contribution in [3.05, 3.63) is 166 Å². The van der Waals surface area contributed by atoms with Crippen LogP contribution in [0.3, 0.4) is 0 Å². The molecule has 0 radical (unpaired) electrons. The standard InChI is InChI=1S/C60H50N8O8/c69-57(65-29-1-33-73-65)41-13-5-37(6-14-41)53-45-21-23-47(61-45)54(38-7-15-42(16-8-38)58(70)66-30-2-34-74-66)49-25-27-51(63-49)56(40-11-19-44(20-12-40)60(72)68-32-4-36-76-68)52-28-26-50(64-52)55(48-24-22-46(53)62-48)39-9-17-43(18-10-39)59(71)67-31-3-35-75-67/h5-28,61,64H,1-4,29-36H2. The number of rotatable bonds is 8. The summed E-state index contributed by atoms with van der Waals surface area (Å²) in [7, 11) is 0. The highest BCUT2D eigenvalue weighted by Crippen LogP contribution is 2.39. The van der Waals surface area contributed by atoms with Gasteiger partial charge in [0.05, 0.1) is 75.4 Å². The normalized spacial score (nSPS) is 16.1. The van der Waals surface area contributed by atoms with Crippen LogP contribution in [-0.4, -0.2) is 116 Å². The van der Waals surface area contributed by atoms with Gasteiger partial charge in [0.1, 0.15) is 0 Å². The first kappa shape index (κ1) is 46.9. The monoisotopic (exact) mass is 1010 g/mol. The molecular weight excluding hydrogens is 961 g/mol. The van der Waals surface area contributed by atoms with E-state index in [9.17, 15) is 19.2 Å². The van der Waals surface area contributed by atoms with E-state index in [1.165, 1.54) is 20.3 Å². The molecule has 7 aromatic rings. The largest absolute Gasteiger partial charge is 0.354 e. The van der Waals surface area contributed by atoms with Gasteiger partial charge in [0.15, 0.2) is 0 Å². The number of amides is 4. The fourth-order valence-electron chi connectivity index (χ4n) is 10.5. The molecule has 2 N–H and O–H groups in total. The van der Waals surface area contributed by atoms with Crippen molar-refractivity contribution in [3.8, 4) is 44.5 Å². The highest BCUT2D eigenvalue weighted by Gasteiger charge is 2.26. The number of carbonyl (C=O) groups is 4. The van der Waals surface area contributed by atoms with Gasteiger partial charge in [0, 0.05) is 66.6 Å². The third-order valence-corrected chi connectivity index (χ3v) is 14.4. The second-order valence-corrected chi connectivity index (χ2v) is 19.2. The SMILES string of the molecule is O=C(c1ccc(-c2c3nc(c(-c4ccc(C(=O)N5CCCO5)cc4)c4ccc([nH]4)c(-c4ccc(C(=O)N5CCCO5)cc4)c4nc(c(-c5ccc(C(=O)N6CCCO6)cc5)c5ccc2[nH]5)C=C4)C=C3)cc1)N1CCCO1. The van der Waals surface area contributed by atoms with Crippen molar-refractivity contribution in [1.29, 1.82) is 0 Å². The van der Waals surface area contributed by atoms with Gasteiger partial charge in [-0.1, -0.05) is 48.5 Å². The Morgan fingerprint density at radius 2 is 0.553 bits per heavy atom. The van der Waals surface area contributed by atoms with Gasteiger partial charge in [-0.3, -0.25) is 38.5 Å². The van der Waals surface area contributed by atoms with Gasteiger partial charge in [0.25, 0.3) is 23.6 Å². The van der Waals surface area contributed by atoms with Gasteiger partial charge in [-0.25, -0.2) is 30.2 Å². The molecule has 6 aliphatic rings. The first-order valence-corrected chi connectivity index (χ1v) is 25.7. The van der Waals surface area contributed by atoms with Crippen molar-refractivity contribution in [2.24, 2.45) is 0 Å². The van der Waals surface area contributed by atoms with Crippen molar-refractivity contribution in [1.82, 2.24) is 40.2 Å². The summed E-state index contributed by atoms with van der Waals surface area (Å²) in [5.74, 6) is -0.797. The van der Waals surface area contributed by atoms with Crippen molar-refractivity contribution in [2.75, 3.05) is 52.6 Å². The Morgan fingerprint density at radius 3 is 0.750 bits per heavy atom. The van der Waals surface area contributed by atoms with E-state index in [0.29, 0.717) is 97.6 Å². The number of hydroxylamine groups is 8. The smallest absolute Gasteiger partial charge is 0.277 e. The zero-order chi connectivity index (χ0) is 51.3. The van der Waals surface area contributed by atoms with E-state index in [-0.39, 0.29) is 23.6 Å². The number of nitrogens with zero attached hydrogens (tertiary/aromatic N) is 6. The van der Waals surface area contributed by atoms with Gasteiger partial charge in [-0.05, 0) is 145 Å². The summed E-state index contributed by atoms with van der Waals surface area (Å²) in [5, 5.41) is 5.65. The summed E-state index contributed by atoms with van der Waals surface area (Å²) in [5.41, 5.74) is 14.1. The number of hydrogen-bond acceptors (Lipinski definition) is 10. The Hall–Kier alpha value is -8.80. The molecule has 0 spiro atoms. The molecule has 378 valence electrons. The van der Waals surface area contributed by atoms with E-state index in [4.69, 9.17) is 29.3 Å². The molecular formula is C60H50N8O8. The molecule has 6 aliphatic heterocycles. The minimum Gasteiger partial charge on any atom is -0.354 e. The number of carbonyl (C=O) groups excluding carboxylic acids is 4. The Kier molecular flexibility index (Phi) is 12.2. The van der Waals surface area contributed by atoms with Gasteiger partial charge in [-0.15, -0.1) is 0 Å². The Labute approximate surface area is 436 Å². The van der Waals surface area contributed by atoms with Crippen LogP contribution < -0.4 is 0 Å². The van der Waals surface area contributed by atoms with Crippen molar-refractivity contribution >= 4 is 70.0 Å². The molecule has 3 aromatic heterocycles. The highest BCUT2D eigenvalue weighted by molar-refractivity contribution is 6.02. The molecule has 4 aromatic carbocycles. The molecule has 16 nitrogen and oxygen atoms in total. The van der Waals surface area contributed by atoms with Crippen LogP contribution in [-0.2, 0) is 19.4 Å². The summed E-state index contributed by atoms with van der Waals surface area (Å²) in [6.07, 6.45) is 11.1. The Bertz CT molecular complexity index is 3210. The van der Waals surface area contributed by atoms with Crippen LogP contribution in [0.1, 0.15) is 89.9 Å². The van der Waals surface area contributed by atoms with Crippen molar-refractivity contribution in [2.45, 2.75) is 25.7 Å². The first-order chi connectivity index (χ1) is 37.3. The minimum atomic E-state index is -0.199. The Morgan fingerprint density at radius 1 is 0.329 bits per heavy atom. The molecule has 16 heteroatoms. The molecule has 0 aliphatic carbocycles. The predicted molar refractivity (Wildman–Crippen MR) is 287 cm³/mol. The topological polar surface area (TPSA) is 176 Å². The van der Waals surface area contributed by atoms with Crippen molar-refractivity contribution in [3.63, 3.8) is 0 Å². The summed E-state index contributed by atoms with van der Waals surface area (Å²) >= 11 is 0. The third kappa shape index (κ3) is 8.75. The lowest BCUT2D eigenvalue weighted by Gasteiger charge is -2.14.